The van der Waals surface area contributed by atoms with Gasteiger partial charge >= 0.3 is 0 Å². The fourth-order valence-electron chi connectivity index (χ4n) is 3.14. The Morgan fingerprint density at radius 2 is 1.96 bits per heavy atom. The van der Waals surface area contributed by atoms with Gasteiger partial charge in [0.25, 0.3) is 0 Å². The van der Waals surface area contributed by atoms with Gasteiger partial charge in [-0.2, -0.15) is 4.31 Å². The number of piperidine rings is 1. The molecule has 2 aromatic rings. The minimum Gasteiger partial charge on any atom is -0.495 e. The number of nitrogens with zero attached hydrogens (tertiary/aromatic N) is 1. The van der Waals surface area contributed by atoms with Crippen LogP contribution in [0, 0.1) is 11.7 Å². The van der Waals surface area contributed by atoms with Gasteiger partial charge in [-0.3, -0.25) is 4.79 Å². The van der Waals surface area contributed by atoms with Gasteiger partial charge in [-0.15, -0.1) is 0 Å². The number of carbonyl (C=O) groups is 1. The van der Waals surface area contributed by atoms with Gasteiger partial charge in [-0.05, 0) is 55.3 Å². The molecule has 1 atom stereocenters. The Kier molecular flexibility index (Phi) is 6.22. The molecule has 6 nitrogen and oxygen atoms in total. The van der Waals surface area contributed by atoms with Crippen molar-refractivity contribution in [1.29, 1.82) is 0 Å². The number of hydrogen-bond acceptors (Lipinski definition) is 4. The second kappa shape index (κ2) is 8.46. The van der Waals surface area contributed by atoms with Crippen LogP contribution in [0.1, 0.15) is 12.8 Å². The van der Waals surface area contributed by atoms with Crippen molar-refractivity contribution >= 4 is 33.2 Å². The number of amides is 1. The number of ether oxygens (including phenoxy) is 1. The van der Waals surface area contributed by atoms with Gasteiger partial charge in [-0.1, -0.05) is 11.6 Å². The van der Waals surface area contributed by atoms with E-state index in [4.69, 9.17) is 16.3 Å². The maximum absolute atomic E-state index is 13.1. The number of sulfonamides is 1. The van der Waals surface area contributed by atoms with E-state index in [-0.39, 0.29) is 17.3 Å². The van der Waals surface area contributed by atoms with E-state index < -0.39 is 21.8 Å². The number of rotatable bonds is 5. The summed E-state index contributed by atoms with van der Waals surface area (Å²) in [6.07, 6.45) is 1.11. The summed E-state index contributed by atoms with van der Waals surface area (Å²) >= 11 is 5.98. The number of nitrogens with one attached hydrogen (secondary N) is 1. The standard InChI is InChI=1S/C19H20ClFN2O4S/c1-27-18-9-4-14(20)11-17(18)22-19(24)13-3-2-10-23(12-13)28(25,26)16-7-5-15(21)6-8-16/h4-9,11,13H,2-3,10,12H2,1H3,(H,22,24)/t13-/m0/s1. The smallest absolute Gasteiger partial charge is 0.243 e. The molecule has 9 heteroatoms. The van der Waals surface area contributed by atoms with Crippen molar-refractivity contribution in [2.45, 2.75) is 17.7 Å². The normalized spacial score (nSPS) is 17.9. The van der Waals surface area contributed by atoms with Crippen LogP contribution in [-0.4, -0.2) is 38.8 Å². The first-order valence-electron chi connectivity index (χ1n) is 8.71. The molecular weight excluding hydrogens is 407 g/mol. The summed E-state index contributed by atoms with van der Waals surface area (Å²) in [5, 5.41) is 3.22. The molecule has 1 heterocycles. The van der Waals surface area contributed by atoms with Gasteiger partial charge in [0.2, 0.25) is 15.9 Å². The van der Waals surface area contributed by atoms with E-state index >= 15 is 0 Å². The summed E-state index contributed by atoms with van der Waals surface area (Å²) in [5.74, 6) is -0.873. The highest BCUT2D eigenvalue weighted by Gasteiger charge is 2.33. The third-order valence-corrected chi connectivity index (χ3v) is 6.74. The van der Waals surface area contributed by atoms with Crippen molar-refractivity contribution in [2.75, 3.05) is 25.5 Å². The van der Waals surface area contributed by atoms with Crippen molar-refractivity contribution in [1.82, 2.24) is 4.31 Å². The van der Waals surface area contributed by atoms with Gasteiger partial charge < -0.3 is 10.1 Å². The molecular formula is C19H20ClFN2O4S. The van der Waals surface area contributed by atoms with Crippen LogP contribution in [0.4, 0.5) is 10.1 Å². The number of methoxy groups -OCH3 is 1. The molecule has 0 saturated carbocycles. The zero-order chi connectivity index (χ0) is 20.3. The second-order valence-corrected chi connectivity index (χ2v) is 8.86. The zero-order valence-electron chi connectivity index (χ0n) is 15.2. The van der Waals surface area contributed by atoms with E-state index in [1.54, 1.807) is 18.2 Å². The second-order valence-electron chi connectivity index (χ2n) is 6.49. The van der Waals surface area contributed by atoms with E-state index in [2.05, 4.69) is 5.32 Å². The van der Waals surface area contributed by atoms with Gasteiger partial charge in [0.1, 0.15) is 11.6 Å². The van der Waals surface area contributed by atoms with Gasteiger partial charge in [0.15, 0.2) is 0 Å². The lowest BCUT2D eigenvalue weighted by Crippen LogP contribution is -2.43. The van der Waals surface area contributed by atoms with Crippen molar-refractivity contribution in [2.24, 2.45) is 5.92 Å². The van der Waals surface area contributed by atoms with Crippen LogP contribution in [0.5, 0.6) is 5.75 Å². The van der Waals surface area contributed by atoms with Crippen molar-refractivity contribution in [3.63, 3.8) is 0 Å². The molecule has 0 unspecified atom stereocenters. The highest BCUT2D eigenvalue weighted by Crippen LogP contribution is 2.30. The van der Waals surface area contributed by atoms with E-state index in [0.717, 1.165) is 12.1 Å². The lowest BCUT2D eigenvalue weighted by molar-refractivity contribution is -0.120. The highest BCUT2D eigenvalue weighted by atomic mass is 35.5. The molecule has 1 amide bonds. The minimum atomic E-state index is -3.80. The molecule has 1 aliphatic heterocycles. The van der Waals surface area contributed by atoms with Gasteiger partial charge in [0.05, 0.1) is 23.6 Å². The third kappa shape index (κ3) is 4.45. The van der Waals surface area contributed by atoms with E-state index in [9.17, 15) is 17.6 Å². The van der Waals surface area contributed by atoms with Crippen molar-refractivity contribution in [3.05, 3.63) is 53.3 Å². The first-order chi connectivity index (χ1) is 13.3. The predicted octanol–water partition coefficient (Wildman–Crippen LogP) is 3.53. The van der Waals surface area contributed by atoms with E-state index in [0.29, 0.717) is 35.8 Å². The topological polar surface area (TPSA) is 75.7 Å². The molecule has 3 rings (SSSR count). The minimum absolute atomic E-state index is 0.00599. The zero-order valence-corrected chi connectivity index (χ0v) is 16.8. The average molecular weight is 427 g/mol. The van der Waals surface area contributed by atoms with E-state index in [1.165, 1.54) is 23.5 Å². The Morgan fingerprint density at radius 3 is 2.64 bits per heavy atom. The maximum Gasteiger partial charge on any atom is 0.243 e. The molecule has 0 aromatic heterocycles. The Labute approximate surface area is 168 Å². The van der Waals surface area contributed by atoms with Crippen LogP contribution in [0.2, 0.25) is 5.02 Å². The summed E-state index contributed by atoms with van der Waals surface area (Å²) in [4.78, 5) is 12.7. The highest BCUT2D eigenvalue weighted by molar-refractivity contribution is 7.89. The Bertz CT molecular complexity index is 966. The quantitative estimate of drug-likeness (QED) is 0.793. The first-order valence-corrected chi connectivity index (χ1v) is 10.5. The lowest BCUT2D eigenvalue weighted by atomic mass is 9.98. The van der Waals surface area contributed by atoms with Crippen LogP contribution in [0.15, 0.2) is 47.4 Å². The molecule has 0 aliphatic carbocycles. The SMILES string of the molecule is COc1ccc(Cl)cc1NC(=O)[C@H]1CCCN(S(=O)(=O)c2ccc(F)cc2)C1. The summed E-state index contributed by atoms with van der Waals surface area (Å²) in [7, 11) is -2.31. The predicted molar refractivity (Wildman–Crippen MR) is 105 cm³/mol. The molecule has 2 aromatic carbocycles. The monoisotopic (exact) mass is 426 g/mol. The molecule has 1 aliphatic rings. The first kappa shape index (κ1) is 20.6. The third-order valence-electron chi connectivity index (χ3n) is 4.63. The fourth-order valence-corrected chi connectivity index (χ4v) is 4.84. The number of halogens is 2. The molecule has 150 valence electrons. The van der Waals surface area contributed by atoms with Crippen molar-refractivity contribution in [3.8, 4) is 5.75 Å². The van der Waals surface area contributed by atoms with E-state index in [1.807, 2.05) is 0 Å². The number of carbonyl (C=O) groups excluding carboxylic acids is 1. The molecule has 28 heavy (non-hydrogen) atoms. The van der Waals surface area contributed by atoms with Crippen LogP contribution >= 0.6 is 11.6 Å². The van der Waals surface area contributed by atoms with Gasteiger partial charge in [-0.25, -0.2) is 12.8 Å². The molecule has 0 radical (unpaired) electrons. The molecule has 0 bridgehead atoms. The largest absolute Gasteiger partial charge is 0.495 e. The summed E-state index contributed by atoms with van der Waals surface area (Å²) < 4.78 is 45.2. The number of hydrogen-bond donors (Lipinski definition) is 1. The molecule has 0 spiro atoms. The summed E-state index contributed by atoms with van der Waals surface area (Å²) in [6.45, 7) is 0.360. The fraction of sp³-hybridized carbons (Fsp3) is 0.316. The summed E-state index contributed by atoms with van der Waals surface area (Å²) in [6, 6.07) is 9.53. The van der Waals surface area contributed by atoms with Crippen LogP contribution < -0.4 is 10.1 Å². The van der Waals surface area contributed by atoms with Crippen LogP contribution in [0.25, 0.3) is 0 Å². The Balaban J connectivity index is 1.75. The number of benzene rings is 2. The Morgan fingerprint density at radius 1 is 1.25 bits per heavy atom. The van der Waals surface area contributed by atoms with Crippen LogP contribution in [-0.2, 0) is 14.8 Å². The molecule has 1 saturated heterocycles. The maximum atomic E-state index is 13.1. The average Bonchev–Trinajstić information content (AvgIpc) is 2.68. The summed E-state index contributed by atoms with van der Waals surface area (Å²) in [5.41, 5.74) is 0.429. The van der Waals surface area contributed by atoms with Crippen LogP contribution in [0.3, 0.4) is 0 Å². The molecule has 1 fully saturated rings. The Hall–Kier alpha value is -2.16. The van der Waals surface area contributed by atoms with Gasteiger partial charge in [0, 0.05) is 18.1 Å². The lowest BCUT2D eigenvalue weighted by Gasteiger charge is -2.31. The van der Waals surface area contributed by atoms with Crippen molar-refractivity contribution < 1.29 is 22.3 Å². The molecule has 1 N–H and O–H groups in total. The number of anilines is 1.